The van der Waals surface area contributed by atoms with Crippen LogP contribution in [0.3, 0.4) is 0 Å². The first kappa shape index (κ1) is 18.9. The Morgan fingerprint density at radius 3 is 2.46 bits per heavy atom. The van der Waals surface area contributed by atoms with E-state index in [1.54, 1.807) is 6.26 Å². The lowest BCUT2D eigenvalue weighted by molar-refractivity contribution is -0.241. The Morgan fingerprint density at radius 2 is 1.81 bits per heavy atom. The van der Waals surface area contributed by atoms with Crippen LogP contribution in [0.4, 0.5) is 0 Å². The average Bonchev–Trinajstić information content (AvgIpc) is 2.57. The molecule has 0 aromatic heterocycles. The van der Waals surface area contributed by atoms with Gasteiger partial charge in [-0.15, -0.1) is 0 Å². The molecule has 0 amide bonds. The van der Waals surface area contributed by atoms with Crippen LogP contribution in [0, 0.1) is 39.9 Å². The summed E-state index contributed by atoms with van der Waals surface area (Å²) in [7, 11) is -0.876. The largest absolute Gasteiger partial charge is 0.481 e. The molecular formula is C21H34O4S. The van der Waals surface area contributed by atoms with Gasteiger partial charge in [0.05, 0.1) is 11.5 Å². The lowest BCUT2D eigenvalue weighted by Gasteiger charge is -2.69. The zero-order chi connectivity index (χ0) is 18.9. The summed E-state index contributed by atoms with van der Waals surface area (Å²) in [5.41, 5.74) is -0.680. The molecule has 0 aliphatic heterocycles. The fourth-order valence-electron chi connectivity index (χ4n) is 8.23. The Kier molecular flexibility index (Phi) is 4.39. The number of aliphatic hydroxyl groups excluding tert-OH is 1. The van der Waals surface area contributed by atoms with Crippen LogP contribution in [0.5, 0.6) is 0 Å². The third kappa shape index (κ3) is 2.35. The standard InChI is InChI=1S/C21H34O4S/c1-19-7-4-8-20(2,18(23)24)15(19)6-10-21-9-5-13(11-16(19)21)14(17(21)22)12-26(3)25/h13-17,22H,4-12H2,1-3H3,(H,23,24)/t13-,14+,15+,16+,17-,19-,20-,21+,26?/m1/s1. The second kappa shape index (κ2) is 6.04. The van der Waals surface area contributed by atoms with Gasteiger partial charge in [-0.05, 0) is 86.4 Å². The maximum absolute atomic E-state index is 12.1. The monoisotopic (exact) mass is 382 g/mol. The second-order valence-electron chi connectivity index (χ2n) is 10.3. The van der Waals surface area contributed by atoms with Crippen LogP contribution in [-0.4, -0.2) is 38.5 Å². The molecule has 5 heteroatoms. The molecule has 148 valence electrons. The summed E-state index contributed by atoms with van der Waals surface area (Å²) in [6, 6.07) is 0. The molecule has 0 heterocycles. The van der Waals surface area contributed by atoms with Crippen LogP contribution in [0.1, 0.15) is 65.2 Å². The number of carboxylic acids is 1. The van der Waals surface area contributed by atoms with E-state index >= 15 is 0 Å². The van der Waals surface area contributed by atoms with E-state index in [0.29, 0.717) is 17.6 Å². The number of carboxylic acid groups (broad SMARTS) is 1. The third-order valence-corrected chi connectivity index (χ3v) is 10.3. The summed E-state index contributed by atoms with van der Waals surface area (Å²) < 4.78 is 11.9. The Bertz CT molecular complexity index is 636. The molecule has 5 aliphatic carbocycles. The third-order valence-electron chi connectivity index (χ3n) is 9.40. The van der Waals surface area contributed by atoms with Gasteiger partial charge in [-0.3, -0.25) is 9.00 Å². The SMILES string of the molecule is CS(=O)C[C@H]1[C@@H]2CC[C@@]3(CC[C@H]4[C@@](C)(CCC[C@@]4(C)C(=O)O)[C@@H]3C2)[C@@H]1O. The van der Waals surface area contributed by atoms with Crippen molar-refractivity contribution in [2.75, 3.05) is 12.0 Å². The first-order valence-electron chi connectivity index (χ1n) is 10.4. The van der Waals surface area contributed by atoms with Gasteiger partial charge in [0.2, 0.25) is 0 Å². The van der Waals surface area contributed by atoms with Gasteiger partial charge in [-0.2, -0.15) is 0 Å². The van der Waals surface area contributed by atoms with Crippen molar-refractivity contribution in [2.45, 2.75) is 71.3 Å². The summed E-state index contributed by atoms with van der Waals surface area (Å²) in [6.45, 7) is 4.31. The molecule has 4 nitrogen and oxygen atoms in total. The van der Waals surface area contributed by atoms with E-state index in [1.165, 1.54) is 0 Å². The van der Waals surface area contributed by atoms with Gasteiger partial charge in [0.25, 0.3) is 0 Å². The maximum atomic E-state index is 12.1. The quantitative estimate of drug-likeness (QED) is 0.784. The highest BCUT2D eigenvalue weighted by Crippen LogP contribution is 2.72. The van der Waals surface area contributed by atoms with E-state index < -0.39 is 22.2 Å². The highest BCUT2D eigenvalue weighted by atomic mass is 32.2. The molecule has 1 unspecified atom stereocenters. The minimum absolute atomic E-state index is 0.0135. The van der Waals surface area contributed by atoms with Crippen molar-refractivity contribution in [2.24, 2.45) is 39.9 Å². The number of rotatable bonds is 3. The topological polar surface area (TPSA) is 74.6 Å². The molecule has 0 aromatic rings. The number of hydrogen-bond donors (Lipinski definition) is 2. The minimum Gasteiger partial charge on any atom is -0.481 e. The average molecular weight is 383 g/mol. The van der Waals surface area contributed by atoms with Gasteiger partial charge in [0.1, 0.15) is 0 Å². The summed E-state index contributed by atoms with van der Waals surface area (Å²) in [6.07, 6.45) is 9.42. The molecular weight excluding hydrogens is 348 g/mol. The number of hydrogen-bond acceptors (Lipinski definition) is 3. The van der Waals surface area contributed by atoms with E-state index in [4.69, 9.17) is 0 Å². The van der Waals surface area contributed by atoms with Crippen LogP contribution in [0.2, 0.25) is 0 Å². The van der Waals surface area contributed by atoms with Crippen LogP contribution in [0.25, 0.3) is 0 Å². The summed E-state index contributed by atoms with van der Waals surface area (Å²) in [5, 5.41) is 21.4. The molecule has 2 bridgehead atoms. The maximum Gasteiger partial charge on any atom is 0.309 e. The van der Waals surface area contributed by atoms with E-state index in [9.17, 15) is 19.2 Å². The lowest BCUT2D eigenvalue weighted by Crippen LogP contribution is -2.67. The summed E-state index contributed by atoms with van der Waals surface area (Å²) >= 11 is 0. The molecule has 5 rings (SSSR count). The van der Waals surface area contributed by atoms with Gasteiger partial charge < -0.3 is 10.2 Å². The number of carbonyl (C=O) groups is 1. The highest BCUT2D eigenvalue weighted by Gasteiger charge is 2.68. The molecule has 0 saturated heterocycles. The first-order chi connectivity index (χ1) is 12.1. The van der Waals surface area contributed by atoms with Gasteiger partial charge in [-0.1, -0.05) is 13.3 Å². The van der Waals surface area contributed by atoms with Crippen molar-refractivity contribution in [1.82, 2.24) is 0 Å². The molecule has 5 fully saturated rings. The minimum atomic E-state index is -0.876. The van der Waals surface area contributed by atoms with E-state index in [1.807, 2.05) is 6.92 Å². The fraction of sp³-hybridized carbons (Fsp3) is 0.952. The highest BCUT2D eigenvalue weighted by molar-refractivity contribution is 7.84. The zero-order valence-corrected chi connectivity index (χ0v) is 17.2. The Balaban J connectivity index is 1.71. The summed E-state index contributed by atoms with van der Waals surface area (Å²) in [5.74, 6) is 1.23. The lowest BCUT2D eigenvalue weighted by atomic mass is 9.35. The normalized spacial score (nSPS) is 54.2. The van der Waals surface area contributed by atoms with Crippen molar-refractivity contribution >= 4 is 16.8 Å². The number of aliphatic carboxylic acids is 1. The zero-order valence-electron chi connectivity index (χ0n) is 16.4. The fourth-order valence-corrected chi connectivity index (χ4v) is 9.23. The molecule has 0 aromatic carbocycles. The van der Waals surface area contributed by atoms with Crippen molar-refractivity contribution in [1.29, 1.82) is 0 Å². The predicted molar refractivity (Wildman–Crippen MR) is 102 cm³/mol. The van der Waals surface area contributed by atoms with Crippen LogP contribution in [0.15, 0.2) is 0 Å². The van der Waals surface area contributed by atoms with Gasteiger partial charge in [0, 0.05) is 22.8 Å². The van der Waals surface area contributed by atoms with Crippen molar-refractivity contribution in [3.63, 3.8) is 0 Å². The van der Waals surface area contributed by atoms with Crippen LogP contribution < -0.4 is 0 Å². The molecule has 5 saturated carbocycles. The van der Waals surface area contributed by atoms with Gasteiger partial charge in [-0.25, -0.2) is 0 Å². The smallest absolute Gasteiger partial charge is 0.309 e. The van der Waals surface area contributed by atoms with E-state index in [0.717, 1.165) is 51.4 Å². The van der Waals surface area contributed by atoms with Crippen molar-refractivity contribution in [3.8, 4) is 0 Å². The van der Waals surface area contributed by atoms with Crippen molar-refractivity contribution < 1.29 is 19.2 Å². The molecule has 9 atom stereocenters. The summed E-state index contributed by atoms with van der Waals surface area (Å²) in [4.78, 5) is 12.1. The van der Waals surface area contributed by atoms with E-state index in [-0.39, 0.29) is 28.8 Å². The Morgan fingerprint density at radius 1 is 1.12 bits per heavy atom. The number of aliphatic hydroxyl groups is 1. The molecule has 5 aliphatic rings. The molecule has 26 heavy (non-hydrogen) atoms. The van der Waals surface area contributed by atoms with Crippen molar-refractivity contribution in [3.05, 3.63) is 0 Å². The van der Waals surface area contributed by atoms with Crippen LogP contribution in [-0.2, 0) is 15.6 Å². The Hall–Kier alpha value is -0.420. The molecule has 1 spiro atoms. The Labute approximate surface area is 159 Å². The van der Waals surface area contributed by atoms with Gasteiger partial charge >= 0.3 is 5.97 Å². The molecule has 0 radical (unpaired) electrons. The number of fused-ring (bicyclic) bond motifs is 3. The molecule has 2 N–H and O–H groups in total. The predicted octanol–water partition coefficient (Wildman–Crippen LogP) is 3.45. The first-order valence-corrected chi connectivity index (χ1v) is 12.1. The van der Waals surface area contributed by atoms with Gasteiger partial charge in [0.15, 0.2) is 0 Å². The van der Waals surface area contributed by atoms with E-state index in [2.05, 4.69) is 6.92 Å². The van der Waals surface area contributed by atoms with Crippen LogP contribution >= 0.6 is 0 Å². The second-order valence-corrected chi connectivity index (χ2v) is 11.8.